The molecule has 0 heterocycles. The van der Waals surface area contributed by atoms with Gasteiger partial charge in [-0.25, -0.2) is 0 Å². The van der Waals surface area contributed by atoms with Gasteiger partial charge < -0.3 is 5.11 Å². The summed E-state index contributed by atoms with van der Waals surface area (Å²) in [6.07, 6.45) is 8.89. The van der Waals surface area contributed by atoms with E-state index in [4.69, 9.17) is 0 Å². The summed E-state index contributed by atoms with van der Waals surface area (Å²) in [6.45, 7) is 2.02. The topological polar surface area (TPSA) is 37.3 Å². The van der Waals surface area contributed by atoms with Crippen molar-refractivity contribution in [3.8, 4) is 0 Å². The van der Waals surface area contributed by atoms with E-state index in [2.05, 4.69) is 0 Å². The first-order valence-electron chi connectivity index (χ1n) is 7.40. The molecule has 4 rings (SSSR count). The van der Waals surface area contributed by atoms with Crippen LogP contribution in [0.5, 0.6) is 0 Å². The molecule has 4 aliphatic carbocycles. The Balaban J connectivity index is 1.69. The highest BCUT2D eigenvalue weighted by Gasteiger charge is 2.48. The van der Waals surface area contributed by atoms with Crippen molar-refractivity contribution < 1.29 is 9.90 Å². The third-order valence-corrected chi connectivity index (χ3v) is 5.82. The molecule has 0 radical (unpaired) electrons. The van der Waals surface area contributed by atoms with E-state index in [1.54, 1.807) is 0 Å². The first kappa shape index (κ1) is 11.6. The van der Waals surface area contributed by atoms with Gasteiger partial charge >= 0.3 is 5.97 Å². The number of hydrogen-bond donors (Lipinski definition) is 1. The van der Waals surface area contributed by atoms with Gasteiger partial charge in [-0.05, 0) is 74.5 Å². The maximum Gasteiger partial charge on any atom is 0.306 e. The molecule has 4 saturated carbocycles. The predicted octanol–water partition coefficient (Wildman–Crippen LogP) is 3.56. The molecule has 0 saturated heterocycles. The maximum atomic E-state index is 11.2. The van der Waals surface area contributed by atoms with E-state index in [-0.39, 0.29) is 5.92 Å². The lowest BCUT2D eigenvalue weighted by Gasteiger charge is -2.55. The van der Waals surface area contributed by atoms with E-state index in [0.29, 0.717) is 0 Å². The van der Waals surface area contributed by atoms with Crippen molar-refractivity contribution in [2.45, 2.75) is 51.9 Å². The lowest BCUT2D eigenvalue weighted by molar-refractivity contribution is -0.144. The molecular weight excluding hydrogens is 212 g/mol. The monoisotopic (exact) mass is 236 g/mol. The molecule has 4 fully saturated rings. The molecule has 1 atom stereocenters. The van der Waals surface area contributed by atoms with E-state index in [9.17, 15) is 9.90 Å². The van der Waals surface area contributed by atoms with Gasteiger partial charge in [-0.15, -0.1) is 0 Å². The lowest BCUT2D eigenvalue weighted by atomic mass is 9.51. The van der Waals surface area contributed by atoms with Gasteiger partial charge in [-0.1, -0.05) is 6.92 Å². The van der Waals surface area contributed by atoms with E-state index in [1.165, 1.54) is 32.1 Å². The molecule has 0 aromatic carbocycles. The minimum Gasteiger partial charge on any atom is -0.481 e. The third kappa shape index (κ3) is 2.00. The molecule has 2 heteroatoms. The van der Waals surface area contributed by atoms with Crippen LogP contribution in [0.15, 0.2) is 0 Å². The van der Waals surface area contributed by atoms with Gasteiger partial charge in [0.05, 0.1) is 5.92 Å². The summed E-state index contributed by atoms with van der Waals surface area (Å²) in [5.74, 6) is 3.83. The summed E-state index contributed by atoms with van der Waals surface area (Å²) in [6, 6.07) is 0. The van der Waals surface area contributed by atoms with Crippen LogP contribution in [0.1, 0.15) is 51.9 Å². The van der Waals surface area contributed by atoms with Crippen molar-refractivity contribution in [3.63, 3.8) is 0 Å². The van der Waals surface area contributed by atoms with Crippen molar-refractivity contribution in [1.82, 2.24) is 0 Å². The van der Waals surface area contributed by atoms with Crippen molar-refractivity contribution in [3.05, 3.63) is 0 Å². The van der Waals surface area contributed by atoms with Crippen molar-refractivity contribution in [2.24, 2.45) is 35.5 Å². The second kappa shape index (κ2) is 4.29. The van der Waals surface area contributed by atoms with Gasteiger partial charge in [0.1, 0.15) is 0 Å². The van der Waals surface area contributed by atoms with Crippen molar-refractivity contribution in [1.29, 1.82) is 0 Å². The molecule has 17 heavy (non-hydrogen) atoms. The quantitative estimate of drug-likeness (QED) is 0.810. The molecule has 0 aromatic heterocycles. The van der Waals surface area contributed by atoms with Gasteiger partial charge in [-0.3, -0.25) is 4.79 Å². The summed E-state index contributed by atoms with van der Waals surface area (Å²) in [5.41, 5.74) is 0. The van der Waals surface area contributed by atoms with E-state index in [1.807, 2.05) is 6.92 Å². The minimum atomic E-state index is -0.568. The third-order valence-electron chi connectivity index (χ3n) is 5.82. The molecule has 0 aliphatic heterocycles. The van der Waals surface area contributed by atoms with Crippen molar-refractivity contribution >= 4 is 5.97 Å². The van der Waals surface area contributed by atoms with Gasteiger partial charge in [0.15, 0.2) is 0 Å². The van der Waals surface area contributed by atoms with E-state index < -0.39 is 5.97 Å². The molecule has 0 spiro atoms. The molecule has 0 amide bonds. The maximum absolute atomic E-state index is 11.2. The molecule has 0 aromatic rings. The Hall–Kier alpha value is -0.530. The Kier molecular flexibility index (Phi) is 2.92. The second-order valence-electron chi connectivity index (χ2n) is 6.77. The predicted molar refractivity (Wildman–Crippen MR) is 66.6 cm³/mol. The molecule has 1 N–H and O–H groups in total. The fraction of sp³-hybridized carbons (Fsp3) is 0.933. The molecular formula is C15H24O2. The van der Waals surface area contributed by atoms with Gasteiger partial charge in [0.2, 0.25) is 0 Å². The second-order valence-corrected chi connectivity index (χ2v) is 6.77. The van der Waals surface area contributed by atoms with Crippen LogP contribution in [0.25, 0.3) is 0 Å². The largest absolute Gasteiger partial charge is 0.481 e. The Morgan fingerprint density at radius 2 is 1.65 bits per heavy atom. The normalized spacial score (nSPS) is 44.9. The zero-order valence-electron chi connectivity index (χ0n) is 10.8. The van der Waals surface area contributed by atoms with Crippen LogP contribution in [0.3, 0.4) is 0 Å². The highest BCUT2D eigenvalue weighted by molar-refractivity contribution is 5.69. The molecule has 96 valence electrons. The number of aliphatic carboxylic acids is 1. The average molecular weight is 236 g/mol. The van der Waals surface area contributed by atoms with Crippen LogP contribution >= 0.6 is 0 Å². The van der Waals surface area contributed by atoms with Crippen LogP contribution in [0.2, 0.25) is 0 Å². The average Bonchev–Trinajstić information content (AvgIpc) is 2.27. The van der Waals surface area contributed by atoms with Crippen molar-refractivity contribution in [2.75, 3.05) is 0 Å². The number of hydrogen-bond acceptors (Lipinski definition) is 1. The molecule has 4 aliphatic rings. The standard InChI is InChI=1S/C15H24O2/c1-2-11(15(16)17)8-14-12-4-9-3-10(6-12)7-13(14)5-9/h9-14H,2-8H2,1H3,(H,16,17). The zero-order valence-corrected chi connectivity index (χ0v) is 10.8. The Bertz CT molecular complexity index is 282. The van der Waals surface area contributed by atoms with Crippen LogP contribution < -0.4 is 0 Å². The summed E-state index contributed by atoms with van der Waals surface area (Å²) < 4.78 is 0. The Labute approximate surface area is 104 Å². The zero-order chi connectivity index (χ0) is 12.0. The summed E-state index contributed by atoms with van der Waals surface area (Å²) in [5, 5.41) is 9.23. The number of carbonyl (C=O) groups is 1. The Morgan fingerprint density at radius 1 is 1.12 bits per heavy atom. The van der Waals surface area contributed by atoms with E-state index >= 15 is 0 Å². The first-order chi connectivity index (χ1) is 8.17. The van der Waals surface area contributed by atoms with Crippen LogP contribution in [-0.2, 0) is 4.79 Å². The summed E-state index contributed by atoms with van der Waals surface area (Å²) >= 11 is 0. The summed E-state index contributed by atoms with van der Waals surface area (Å²) in [4.78, 5) is 11.2. The van der Waals surface area contributed by atoms with Crippen LogP contribution in [0.4, 0.5) is 0 Å². The fourth-order valence-corrected chi connectivity index (χ4v) is 5.19. The Morgan fingerprint density at radius 3 is 2.06 bits per heavy atom. The van der Waals surface area contributed by atoms with Gasteiger partial charge in [0.25, 0.3) is 0 Å². The fourth-order valence-electron chi connectivity index (χ4n) is 5.19. The molecule has 4 bridgehead atoms. The van der Waals surface area contributed by atoms with Gasteiger partial charge in [-0.2, -0.15) is 0 Å². The highest BCUT2D eigenvalue weighted by atomic mass is 16.4. The van der Waals surface area contributed by atoms with E-state index in [0.717, 1.165) is 42.4 Å². The number of rotatable bonds is 4. The SMILES string of the molecule is CCC(CC1C2CC3CC(C2)CC1C3)C(=O)O. The highest BCUT2D eigenvalue weighted by Crippen LogP contribution is 2.57. The number of carboxylic acid groups (broad SMARTS) is 1. The smallest absolute Gasteiger partial charge is 0.306 e. The molecule has 2 nitrogen and oxygen atoms in total. The molecule has 1 unspecified atom stereocenters. The van der Waals surface area contributed by atoms with Crippen LogP contribution in [-0.4, -0.2) is 11.1 Å². The lowest BCUT2D eigenvalue weighted by Crippen LogP contribution is -2.45. The summed E-state index contributed by atoms with van der Waals surface area (Å²) in [7, 11) is 0. The first-order valence-corrected chi connectivity index (χ1v) is 7.40. The minimum absolute atomic E-state index is 0.0856. The van der Waals surface area contributed by atoms with Crippen LogP contribution in [0, 0.1) is 35.5 Å². The number of carboxylic acids is 1. The van der Waals surface area contributed by atoms with Gasteiger partial charge in [0, 0.05) is 0 Å².